The Labute approximate surface area is 208 Å². The summed E-state index contributed by atoms with van der Waals surface area (Å²) in [5, 5.41) is 29.5. The fraction of sp³-hybridized carbons (Fsp3) is 0.704. The topological polar surface area (TPSA) is 60.7 Å². The van der Waals surface area contributed by atoms with Crippen molar-refractivity contribution >= 4 is 0 Å². The highest BCUT2D eigenvalue weighted by atomic mass is 19.4. The van der Waals surface area contributed by atoms with E-state index in [0.29, 0.717) is 12.0 Å². The molecular formula is C27H36F6O3. The third-order valence-corrected chi connectivity index (χ3v) is 8.73. The minimum Gasteiger partial charge on any atom is -0.393 e. The lowest BCUT2D eigenvalue weighted by Gasteiger charge is -2.44. The number of aliphatic hydroxyl groups is 3. The van der Waals surface area contributed by atoms with Gasteiger partial charge in [0.05, 0.1) is 12.2 Å². The molecule has 3 aliphatic rings. The van der Waals surface area contributed by atoms with E-state index in [1.807, 2.05) is 19.1 Å². The maximum Gasteiger partial charge on any atom is 0.426 e. The average molecular weight is 523 g/mol. The number of halogens is 6. The first-order valence-electron chi connectivity index (χ1n) is 12.5. The molecular weight excluding hydrogens is 486 g/mol. The van der Waals surface area contributed by atoms with E-state index >= 15 is 0 Å². The highest BCUT2D eigenvalue weighted by Gasteiger charge is 2.69. The molecule has 0 heterocycles. The van der Waals surface area contributed by atoms with Crippen LogP contribution in [0.25, 0.3) is 0 Å². The lowest BCUT2D eigenvalue weighted by Crippen LogP contribution is -2.56. The molecule has 3 rings (SSSR count). The van der Waals surface area contributed by atoms with E-state index in [4.69, 9.17) is 0 Å². The minimum atomic E-state index is -5.82. The van der Waals surface area contributed by atoms with Crippen LogP contribution in [0.1, 0.15) is 65.2 Å². The molecule has 0 aromatic rings. The summed E-state index contributed by atoms with van der Waals surface area (Å²) in [5.74, 6) is 0.0537. The molecule has 0 radical (unpaired) electrons. The van der Waals surface area contributed by atoms with Gasteiger partial charge < -0.3 is 15.3 Å². The summed E-state index contributed by atoms with van der Waals surface area (Å²) in [5.41, 5.74) is -2.26. The van der Waals surface area contributed by atoms with E-state index < -0.39 is 36.6 Å². The van der Waals surface area contributed by atoms with E-state index in [-0.39, 0.29) is 29.6 Å². The Morgan fingerprint density at radius 2 is 1.72 bits per heavy atom. The second kappa shape index (κ2) is 10.3. The minimum absolute atomic E-state index is 0.0771. The molecule has 3 saturated carbocycles. The van der Waals surface area contributed by atoms with E-state index in [2.05, 4.69) is 13.5 Å². The van der Waals surface area contributed by atoms with E-state index in [1.54, 1.807) is 0 Å². The molecule has 0 aliphatic heterocycles. The van der Waals surface area contributed by atoms with Crippen LogP contribution in [0.4, 0.5) is 26.3 Å². The normalized spacial score (nSPS) is 35.6. The number of hydrogen-bond acceptors (Lipinski definition) is 3. The van der Waals surface area contributed by atoms with Gasteiger partial charge >= 0.3 is 12.4 Å². The summed E-state index contributed by atoms with van der Waals surface area (Å²) in [6.45, 7) is 7.90. The first-order valence-corrected chi connectivity index (χ1v) is 12.5. The standard InChI is InChI=1S/C27H36F6O3/c1-16(6-4-13-25(36,26(28,29)30)27(31,32)33)21-10-11-22-18(7-5-12-24(21,22)3)8-9-19-14-20(34)15-23(35)17(19)2/h4,6,8-9,16,20-23,34-36H,2,5,7,10-15H2,1,3H3/b6-4+,18-8+,19-9-/t16-,20-,21?,22?,23+,24?/m1/s1. The number of hydrogen-bond donors (Lipinski definition) is 3. The molecule has 3 aliphatic carbocycles. The van der Waals surface area contributed by atoms with Crippen molar-refractivity contribution in [1.29, 1.82) is 0 Å². The van der Waals surface area contributed by atoms with Crippen LogP contribution in [-0.2, 0) is 0 Å². The fourth-order valence-corrected chi connectivity index (χ4v) is 6.59. The van der Waals surface area contributed by atoms with Gasteiger partial charge in [0, 0.05) is 12.8 Å². The second-order valence-corrected chi connectivity index (χ2v) is 11.0. The molecule has 3 fully saturated rings. The van der Waals surface area contributed by atoms with Crippen molar-refractivity contribution in [3.63, 3.8) is 0 Å². The van der Waals surface area contributed by atoms with Gasteiger partial charge in [-0.2, -0.15) is 26.3 Å². The molecule has 6 atom stereocenters. The molecule has 0 bridgehead atoms. The predicted molar refractivity (Wildman–Crippen MR) is 125 cm³/mol. The number of rotatable bonds is 5. The molecule has 3 unspecified atom stereocenters. The Morgan fingerprint density at radius 1 is 1.08 bits per heavy atom. The number of aliphatic hydroxyl groups excluding tert-OH is 2. The zero-order chi connectivity index (χ0) is 27.1. The van der Waals surface area contributed by atoms with Crippen LogP contribution in [-0.4, -0.2) is 45.5 Å². The number of allylic oxidation sites excluding steroid dienone is 4. The van der Waals surface area contributed by atoms with Crippen LogP contribution in [0.3, 0.4) is 0 Å². The summed E-state index contributed by atoms with van der Waals surface area (Å²) in [6.07, 6.45) is -3.36. The van der Waals surface area contributed by atoms with Crippen LogP contribution < -0.4 is 0 Å². The molecule has 0 spiro atoms. The summed E-state index contributed by atoms with van der Waals surface area (Å²) < 4.78 is 77.9. The van der Waals surface area contributed by atoms with E-state index in [1.165, 1.54) is 11.6 Å². The van der Waals surface area contributed by atoms with Gasteiger partial charge in [-0.1, -0.05) is 50.3 Å². The van der Waals surface area contributed by atoms with Gasteiger partial charge in [0.15, 0.2) is 0 Å². The maximum atomic E-state index is 13.0. The molecule has 9 heteroatoms. The molecule has 3 nitrogen and oxygen atoms in total. The van der Waals surface area contributed by atoms with Crippen LogP contribution in [0.2, 0.25) is 0 Å². The highest BCUT2D eigenvalue weighted by Crippen LogP contribution is 2.59. The van der Waals surface area contributed by atoms with Crippen LogP contribution in [0.5, 0.6) is 0 Å². The van der Waals surface area contributed by atoms with Crippen molar-refractivity contribution in [2.75, 3.05) is 0 Å². The lowest BCUT2D eigenvalue weighted by molar-refractivity contribution is -0.366. The monoisotopic (exact) mass is 522 g/mol. The zero-order valence-corrected chi connectivity index (χ0v) is 20.7. The fourth-order valence-electron chi connectivity index (χ4n) is 6.59. The summed E-state index contributed by atoms with van der Waals surface area (Å²) >= 11 is 0. The Hall–Kier alpha value is -1.58. The van der Waals surface area contributed by atoms with Crippen molar-refractivity contribution in [3.05, 3.63) is 47.6 Å². The van der Waals surface area contributed by atoms with Crippen LogP contribution >= 0.6 is 0 Å². The van der Waals surface area contributed by atoms with Gasteiger partial charge in [-0.05, 0) is 72.8 Å². The van der Waals surface area contributed by atoms with Crippen LogP contribution in [0.15, 0.2) is 47.6 Å². The molecule has 204 valence electrons. The van der Waals surface area contributed by atoms with Crippen molar-refractivity contribution in [1.82, 2.24) is 0 Å². The first kappa shape index (κ1) is 29.0. The summed E-state index contributed by atoms with van der Waals surface area (Å²) in [6, 6.07) is 0. The molecule has 0 aromatic carbocycles. The Balaban J connectivity index is 1.75. The SMILES string of the molecule is C=C1/C(=C\C=C2/CCCC3(C)C2CCC3[C@H](C)/C=C/CC(O)(C(F)(F)F)C(F)(F)F)C[C@@H](O)C[C@@H]1O. The van der Waals surface area contributed by atoms with Gasteiger partial charge in [0.1, 0.15) is 0 Å². The zero-order valence-electron chi connectivity index (χ0n) is 20.7. The van der Waals surface area contributed by atoms with Crippen molar-refractivity contribution in [2.45, 2.75) is 95.4 Å². The van der Waals surface area contributed by atoms with E-state index in [0.717, 1.165) is 43.8 Å². The highest BCUT2D eigenvalue weighted by molar-refractivity contribution is 5.38. The molecule has 3 N–H and O–H groups in total. The Morgan fingerprint density at radius 3 is 2.33 bits per heavy atom. The maximum absolute atomic E-state index is 13.0. The smallest absolute Gasteiger partial charge is 0.393 e. The number of alkyl halides is 6. The van der Waals surface area contributed by atoms with Gasteiger partial charge in [-0.15, -0.1) is 0 Å². The van der Waals surface area contributed by atoms with Gasteiger partial charge in [0.25, 0.3) is 5.60 Å². The molecule has 0 amide bonds. The van der Waals surface area contributed by atoms with Gasteiger partial charge in [-0.25, -0.2) is 0 Å². The largest absolute Gasteiger partial charge is 0.426 e. The van der Waals surface area contributed by atoms with Crippen molar-refractivity contribution in [3.8, 4) is 0 Å². The average Bonchev–Trinajstić information content (AvgIpc) is 3.11. The molecule has 0 aromatic heterocycles. The van der Waals surface area contributed by atoms with E-state index in [9.17, 15) is 41.7 Å². The third-order valence-electron chi connectivity index (χ3n) is 8.73. The lowest BCUT2D eigenvalue weighted by atomic mass is 9.61. The van der Waals surface area contributed by atoms with Gasteiger partial charge in [0.2, 0.25) is 0 Å². The van der Waals surface area contributed by atoms with Crippen molar-refractivity contribution < 1.29 is 41.7 Å². The van der Waals surface area contributed by atoms with Gasteiger partial charge in [-0.3, -0.25) is 0 Å². The molecule has 0 saturated heterocycles. The Bertz CT molecular complexity index is 901. The number of fused-ring (bicyclic) bond motifs is 1. The van der Waals surface area contributed by atoms with Crippen molar-refractivity contribution in [2.24, 2.45) is 23.2 Å². The first-order chi connectivity index (χ1) is 16.5. The summed E-state index contributed by atoms with van der Waals surface area (Å²) in [4.78, 5) is 0. The van der Waals surface area contributed by atoms with Crippen LogP contribution in [0, 0.1) is 23.2 Å². The predicted octanol–water partition coefficient (Wildman–Crippen LogP) is 6.57. The molecule has 36 heavy (non-hydrogen) atoms. The summed E-state index contributed by atoms with van der Waals surface area (Å²) in [7, 11) is 0. The quantitative estimate of drug-likeness (QED) is 0.283. The third kappa shape index (κ3) is 5.48. The Kier molecular flexibility index (Phi) is 8.29. The second-order valence-electron chi connectivity index (χ2n) is 11.0.